The van der Waals surface area contributed by atoms with Crippen LogP contribution in [0, 0.1) is 5.92 Å². The summed E-state index contributed by atoms with van der Waals surface area (Å²) in [6.45, 7) is 3.31. The summed E-state index contributed by atoms with van der Waals surface area (Å²) in [5.74, 6) is 1.91. The highest BCUT2D eigenvalue weighted by Crippen LogP contribution is 2.27. The van der Waals surface area contributed by atoms with Crippen molar-refractivity contribution in [1.82, 2.24) is 19.9 Å². The molecule has 0 spiro atoms. The van der Waals surface area contributed by atoms with Crippen molar-refractivity contribution in [2.24, 2.45) is 5.92 Å². The molecule has 1 aliphatic carbocycles. The standard InChI is InChI=1S/C21H26N4O/c26-20-13-19(17-8-10-22-11-9-17)23-21(24-20)18-7-4-12-25(15-18)14-16-5-2-1-3-6-16/h1-2,8-11,13,16,18H,3-7,12,14-15H2,(H,23,24,26)/t16-,18+/m0/s1. The van der Waals surface area contributed by atoms with E-state index in [4.69, 9.17) is 4.98 Å². The Morgan fingerprint density at radius 3 is 2.88 bits per heavy atom. The normalized spacial score (nSPS) is 23.8. The minimum absolute atomic E-state index is 0.0728. The van der Waals surface area contributed by atoms with Crippen LogP contribution in [-0.4, -0.2) is 39.5 Å². The molecule has 1 saturated heterocycles. The molecule has 2 aliphatic rings. The van der Waals surface area contributed by atoms with Crippen LogP contribution in [0.25, 0.3) is 11.3 Å². The molecule has 0 aromatic carbocycles. The fourth-order valence-corrected chi connectivity index (χ4v) is 4.17. The zero-order chi connectivity index (χ0) is 17.8. The molecule has 2 aromatic heterocycles. The Bertz CT molecular complexity index is 814. The summed E-state index contributed by atoms with van der Waals surface area (Å²) in [6, 6.07) is 5.37. The number of pyridine rings is 1. The number of likely N-dealkylation sites (tertiary alicyclic amines) is 1. The summed E-state index contributed by atoms with van der Waals surface area (Å²) in [5, 5.41) is 0. The molecule has 2 atom stereocenters. The Hall–Kier alpha value is -2.27. The molecule has 0 saturated carbocycles. The monoisotopic (exact) mass is 350 g/mol. The fraction of sp³-hybridized carbons (Fsp3) is 0.476. The molecule has 1 N–H and O–H groups in total. The minimum atomic E-state index is -0.0728. The topological polar surface area (TPSA) is 61.9 Å². The van der Waals surface area contributed by atoms with Crippen LogP contribution in [-0.2, 0) is 0 Å². The lowest BCUT2D eigenvalue weighted by atomic mass is 9.91. The van der Waals surface area contributed by atoms with Crippen molar-refractivity contribution in [1.29, 1.82) is 0 Å². The summed E-state index contributed by atoms with van der Waals surface area (Å²) in [5.41, 5.74) is 1.60. The number of H-pyrrole nitrogens is 1. The highest BCUT2D eigenvalue weighted by Gasteiger charge is 2.25. The smallest absolute Gasteiger partial charge is 0.251 e. The van der Waals surface area contributed by atoms with Gasteiger partial charge in [0, 0.05) is 43.0 Å². The van der Waals surface area contributed by atoms with Gasteiger partial charge in [-0.3, -0.25) is 9.78 Å². The van der Waals surface area contributed by atoms with E-state index < -0.39 is 0 Å². The molecule has 136 valence electrons. The maximum Gasteiger partial charge on any atom is 0.251 e. The van der Waals surface area contributed by atoms with E-state index in [1.54, 1.807) is 18.5 Å². The predicted octanol–water partition coefficient (Wildman–Crippen LogP) is 3.37. The van der Waals surface area contributed by atoms with Gasteiger partial charge in [-0.05, 0) is 56.7 Å². The number of allylic oxidation sites excluding steroid dienone is 2. The van der Waals surface area contributed by atoms with Crippen molar-refractivity contribution in [2.75, 3.05) is 19.6 Å². The number of piperidine rings is 1. The van der Waals surface area contributed by atoms with E-state index >= 15 is 0 Å². The average Bonchev–Trinajstić information content (AvgIpc) is 2.69. The van der Waals surface area contributed by atoms with E-state index in [0.717, 1.165) is 55.5 Å². The molecule has 0 bridgehead atoms. The lowest BCUT2D eigenvalue weighted by molar-refractivity contribution is 0.171. The summed E-state index contributed by atoms with van der Waals surface area (Å²) in [6.07, 6.45) is 14.1. The Balaban J connectivity index is 1.50. The van der Waals surface area contributed by atoms with Gasteiger partial charge in [0.05, 0.1) is 5.69 Å². The van der Waals surface area contributed by atoms with E-state index in [-0.39, 0.29) is 5.56 Å². The van der Waals surface area contributed by atoms with Crippen molar-refractivity contribution in [3.63, 3.8) is 0 Å². The Kier molecular flexibility index (Phi) is 5.25. The quantitative estimate of drug-likeness (QED) is 0.859. The van der Waals surface area contributed by atoms with Crippen LogP contribution < -0.4 is 5.56 Å². The van der Waals surface area contributed by atoms with Gasteiger partial charge in [-0.2, -0.15) is 0 Å². The zero-order valence-electron chi connectivity index (χ0n) is 15.1. The third-order valence-corrected chi connectivity index (χ3v) is 5.52. The molecule has 4 rings (SSSR count). The van der Waals surface area contributed by atoms with Gasteiger partial charge in [-0.25, -0.2) is 4.98 Å². The van der Waals surface area contributed by atoms with Crippen LogP contribution in [0.2, 0.25) is 0 Å². The molecule has 3 heterocycles. The van der Waals surface area contributed by atoms with Crippen molar-refractivity contribution in [3.8, 4) is 11.3 Å². The van der Waals surface area contributed by atoms with Crippen LogP contribution in [0.1, 0.15) is 43.8 Å². The minimum Gasteiger partial charge on any atom is -0.310 e. The Morgan fingerprint density at radius 1 is 1.19 bits per heavy atom. The second-order valence-corrected chi connectivity index (χ2v) is 7.50. The SMILES string of the molecule is O=c1cc(-c2ccncc2)nc([C@@H]2CCCN(C[C@H]3CC=CCC3)C2)[nH]1. The molecule has 26 heavy (non-hydrogen) atoms. The molecule has 1 fully saturated rings. The molecular formula is C21H26N4O. The van der Waals surface area contributed by atoms with Crippen LogP contribution in [0.5, 0.6) is 0 Å². The van der Waals surface area contributed by atoms with Gasteiger partial charge in [-0.15, -0.1) is 0 Å². The summed E-state index contributed by atoms with van der Waals surface area (Å²) >= 11 is 0. The number of nitrogens with zero attached hydrogens (tertiary/aromatic N) is 3. The van der Waals surface area contributed by atoms with Crippen LogP contribution in [0.15, 0.2) is 47.5 Å². The molecule has 0 amide bonds. The summed E-state index contributed by atoms with van der Waals surface area (Å²) < 4.78 is 0. The van der Waals surface area contributed by atoms with E-state index in [2.05, 4.69) is 27.0 Å². The Morgan fingerprint density at radius 2 is 2.08 bits per heavy atom. The van der Waals surface area contributed by atoms with E-state index in [1.807, 2.05) is 12.1 Å². The first kappa shape index (κ1) is 17.2. The van der Waals surface area contributed by atoms with Crippen LogP contribution in [0.3, 0.4) is 0 Å². The number of aromatic nitrogens is 3. The van der Waals surface area contributed by atoms with Crippen molar-refractivity contribution in [3.05, 3.63) is 58.9 Å². The van der Waals surface area contributed by atoms with Crippen LogP contribution >= 0.6 is 0 Å². The summed E-state index contributed by atoms with van der Waals surface area (Å²) in [4.78, 5) is 26.6. The molecule has 5 nitrogen and oxygen atoms in total. The maximum absolute atomic E-state index is 12.2. The van der Waals surface area contributed by atoms with Crippen molar-refractivity contribution < 1.29 is 0 Å². The zero-order valence-corrected chi connectivity index (χ0v) is 15.1. The molecule has 0 unspecified atom stereocenters. The lowest BCUT2D eigenvalue weighted by Crippen LogP contribution is -2.38. The first-order valence-electron chi connectivity index (χ1n) is 9.67. The van der Waals surface area contributed by atoms with Gasteiger partial charge in [0.1, 0.15) is 5.82 Å². The Labute approximate surface area is 154 Å². The van der Waals surface area contributed by atoms with Crippen LogP contribution in [0.4, 0.5) is 0 Å². The first-order valence-corrected chi connectivity index (χ1v) is 9.67. The number of nitrogens with one attached hydrogen (secondary N) is 1. The van der Waals surface area contributed by atoms with Crippen molar-refractivity contribution in [2.45, 2.75) is 38.0 Å². The van der Waals surface area contributed by atoms with E-state index in [9.17, 15) is 4.79 Å². The van der Waals surface area contributed by atoms with E-state index in [1.165, 1.54) is 19.3 Å². The molecule has 2 aromatic rings. The number of rotatable bonds is 4. The van der Waals surface area contributed by atoms with Gasteiger partial charge >= 0.3 is 0 Å². The second kappa shape index (κ2) is 7.96. The fourth-order valence-electron chi connectivity index (χ4n) is 4.17. The molecule has 5 heteroatoms. The molecule has 0 radical (unpaired) electrons. The van der Waals surface area contributed by atoms with Gasteiger partial charge < -0.3 is 9.88 Å². The first-order chi connectivity index (χ1) is 12.8. The number of aromatic amines is 1. The van der Waals surface area contributed by atoms with Crippen molar-refractivity contribution >= 4 is 0 Å². The average molecular weight is 350 g/mol. The largest absolute Gasteiger partial charge is 0.310 e. The van der Waals surface area contributed by atoms with Gasteiger partial charge in [0.15, 0.2) is 0 Å². The molecular weight excluding hydrogens is 324 g/mol. The summed E-state index contributed by atoms with van der Waals surface area (Å²) in [7, 11) is 0. The second-order valence-electron chi connectivity index (χ2n) is 7.50. The third-order valence-electron chi connectivity index (χ3n) is 5.52. The lowest BCUT2D eigenvalue weighted by Gasteiger charge is -2.35. The maximum atomic E-state index is 12.2. The number of hydrogen-bond donors (Lipinski definition) is 1. The van der Waals surface area contributed by atoms with E-state index in [0.29, 0.717) is 5.92 Å². The highest BCUT2D eigenvalue weighted by atomic mass is 16.1. The van der Waals surface area contributed by atoms with Gasteiger partial charge in [-0.1, -0.05) is 12.2 Å². The highest BCUT2D eigenvalue weighted by molar-refractivity contribution is 5.57. The third kappa shape index (κ3) is 4.10. The predicted molar refractivity (Wildman–Crippen MR) is 103 cm³/mol. The number of hydrogen-bond acceptors (Lipinski definition) is 4. The van der Waals surface area contributed by atoms with Gasteiger partial charge in [0.2, 0.25) is 0 Å². The molecule has 1 aliphatic heterocycles. The van der Waals surface area contributed by atoms with Gasteiger partial charge in [0.25, 0.3) is 5.56 Å².